The van der Waals surface area contributed by atoms with Crippen LogP contribution in [0.4, 0.5) is 16.0 Å². The lowest BCUT2D eigenvalue weighted by atomic mass is 9.80. The highest BCUT2D eigenvalue weighted by Crippen LogP contribution is 2.36. The molecule has 0 radical (unpaired) electrons. The largest absolute Gasteiger partial charge is 0.349 e. The standard InChI is InChI=1S/C18H23FN6.C2H6/c1-10-5-3-4-6-13(10)17-21-11(2)7-15(22-17)23-18-14-8-12(19)9-20-16(14)24-25-18;1-2/h7-10,13,18,25H,3-6H2,1-2H3,(H,20,24)(H,21,22,23);1-2H3. The van der Waals surface area contributed by atoms with Gasteiger partial charge in [-0.1, -0.05) is 40.0 Å². The molecule has 4 rings (SSSR count). The third-order valence-electron chi connectivity index (χ3n) is 5.14. The van der Waals surface area contributed by atoms with Crippen LogP contribution in [0, 0.1) is 18.7 Å². The fourth-order valence-electron chi connectivity index (χ4n) is 3.79. The minimum Gasteiger partial charge on any atom is -0.349 e. The van der Waals surface area contributed by atoms with E-state index >= 15 is 0 Å². The fraction of sp³-hybridized carbons (Fsp3) is 0.550. The summed E-state index contributed by atoms with van der Waals surface area (Å²) in [6, 6.07) is 3.40. The van der Waals surface area contributed by atoms with Crippen molar-refractivity contribution in [3.05, 3.63) is 41.2 Å². The number of halogens is 1. The molecular formula is C20H29FN6. The number of nitrogens with one attached hydrogen (secondary N) is 3. The third-order valence-corrected chi connectivity index (χ3v) is 5.14. The topological polar surface area (TPSA) is 74.8 Å². The summed E-state index contributed by atoms with van der Waals surface area (Å²) in [6.45, 7) is 8.27. The molecule has 3 atom stereocenters. The van der Waals surface area contributed by atoms with Crippen LogP contribution in [0.2, 0.25) is 0 Å². The monoisotopic (exact) mass is 372 g/mol. The quantitative estimate of drug-likeness (QED) is 0.726. The minimum absolute atomic E-state index is 0.288. The molecule has 6 nitrogen and oxygen atoms in total. The van der Waals surface area contributed by atoms with E-state index in [1.54, 1.807) is 0 Å². The van der Waals surface area contributed by atoms with Gasteiger partial charge in [-0.2, -0.15) is 0 Å². The smallest absolute Gasteiger partial charge is 0.147 e. The predicted octanol–water partition coefficient (Wildman–Crippen LogP) is 4.68. The third kappa shape index (κ3) is 4.35. The summed E-state index contributed by atoms with van der Waals surface area (Å²) in [5, 5.41) is 3.33. The number of hydrogen-bond donors (Lipinski definition) is 3. The molecule has 1 saturated carbocycles. The van der Waals surface area contributed by atoms with Crippen LogP contribution in [0.5, 0.6) is 0 Å². The van der Waals surface area contributed by atoms with E-state index in [1.165, 1.54) is 31.5 Å². The molecule has 0 saturated heterocycles. The van der Waals surface area contributed by atoms with Crippen LogP contribution in [-0.2, 0) is 0 Å². The lowest BCUT2D eigenvalue weighted by Crippen LogP contribution is -2.26. The molecule has 146 valence electrons. The molecule has 3 heterocycles. The second-order valence-corrected chi connectivity index (χ2v) is 7.06. The molecule has 2 aromatic heterocycles. The number of aryl methyl sites for hydroxylation is 1. The van der Waals surface area contributed by atoms with Crippen LogP contribution < -0.4 is 16.2 Å². The summed E-state index contributed by atoms with van der Waals surface area (Å²) >= 11 is 0. The first kappa shape index (κ1) is 19.5. The highest BCUT2D eigenvalue weighted by Gasteiger charge is 2.27. The summed E-state index contributed by atoms with van der Waals surface area (Å²) in [5.41, 5.74) is 7.72. The average molecular weight is 372 g/mol. The Morgan fingerprint density at radius 1 is 1.15 bits per heavy atom. The van der Waals surface area contributed by atoms with Gasteiger partial charge >= 0.3 is 0 Å². The number of aromatic nitrogens is 3. The number of pyridine rings is 1. The number of hydrogen-bond acceptors (Lipinski definition) is 6. The van der Waals surface area contributed by atoms with Gasteiger partial charge in [0.2, 0.25) is 0 Å². The van der Waals surface area contributed by atoms with Crippen molar-refractivity contribution in [2.24, 2.45) is 5.92 Å². The molecule has 0 spiro atoms. The predicted molar refractivity (Wildman–Crippen MR) is 106 cm³/mol. The van der Waals surface area contributed by atoms with Crippen molar-refractivity contribution in [2.45, 2.75) is 65.5 Å². The van der Waals surface area contributed by atoms with Gasteiger partial charge in [0.15, 0.2) is 0 Å². The molecule has 3 unspecified atom stereocenters. The Kier molecular flexibility index (Phi) is 6.21. The molecule has 1 aliphatic heterocycles. The van der Waals surface area contributed by atoms with Crippen LogP contribution in [0.15, 0.2) is 18.3 Å². The number of nitrogens with zero attached hydrogens (tertiary/aromatic N) is 3. The Bertz CT molecular complexity index is 781. The Morgan fingerprint density at radius 2 is 1.93 bits per heavy atom. The van der Waals surface area contributed by atoms with E-state index in [2.05, 4.69) is 33.1 Å². The number of fused-ring (bicyclic) bond motifs is 1. The van der Waals surface area contributed by atoms with E-state index < -0.39 is 0 Å². The summed E-state index contributed by atoms with van der Waals surface area (Å²) in [4.78, 5) is 13.5. The van der Waals surface area contributed by atoms with Crippen molar-refractivity contribution < 1.29 is 4.39 Å². The molecule has 1 aliphatic carbocycles. The maximum absolute atomic E-state index is 13.5. The van der Waals surface area contributed by atoms with Gasteiger partial charge in [-0.15, -0.1) is 0 Å². The Labute approximate surface area is 160 Å². The zero-order valence-corrected chi connectivity index (χ0v) is 16.5. The molecule has 27 heavy (non-hydrogen) atoms. The van der Waals surface area contributed by atoms with Crippen molar-refractivity contribution in [3.63, 3.8) is 0 Å². The van der Waals surface area contributed by atoms with Crippen LogP contribution in [0.25, 0.3) is 0 Å². The highest BCUT2D eigenvalue weighted by molar-refractivity contribution is 5.53. The Hall–Kier alpha value is -2.28. The molecule has 2 aliphatic rings. The molecule has 0 amide bonds. The SMILES string of the molecule is CC.Cc1cc(NC2NNc3ncc(F)cc32)nc(C2CCCCC2C)n1. The van der Waals surface area contributed by atoms with Gasteiger partial charge in [0, 0.05) is 23.2 Å². The van der Waals surface area contributed by atoms with Crippen LogP contribution in [-0.4, -0.2) is 15.0 Å². The van der Waals surface area contributed by atoms with E-state index in [4.69, 9.17) is 4.98 Å². The van der Waals surface area contributed by atoms with Gasteiger partial charge in [-0.25, -0.2) is 24.8 Å². The van der Waals surface area contributed by atoms with E-state index in [0.717, 1.165) is 29.3 Å². The van der Waals surface area contributed by atoms with Crippen molar-refractivity contribution in [3.8, 4) is 0 Å². The maximum Gasteiger partial charge on any atom is 0.147 e. The van der Waals surface area contributed by atoms with Crippen LogP contribution in [0.3, 0.4) is 0 Å². The molecule has 3 N–H and O–H groups in total. The Morgan fingerprint density at radius 3 is 2.70 bits per heavy atom. The first-order valence-electron chi connectivity index (χ1n) is 9.89. The molecule has 1 fully saturated rings. The fourth-order valence-corrected chi connectivity index (χ4v) is 3.79. The van der Waals surface area contributed by atoms with Crippen molar-refractivity contribution >= 4 is 11.6 Å². The summed E-state index contributed by atoms with van der Waals surface area (Å²) in [5.74, 6) is 2.95. The zero-order valence-electron chi connectivity index (χ0n) is 16.5. The number of anilines is 2. The van der Waals surface area contributed by atoms with Crippen molar-refractivity contribution in [1.82, 2.24) is 20.4 Å². The minimum atomic E-state index is -0.355. The lowest BCUT2D eigenvalue weighted by Gasteiger charge is -2.28. The first-order chi connectivity index (χ1) is 13.1. The summed E-state index contributed by atoms with van der Waals surface area (Å²) in [7, 11) is 0. The highest BCUT2D eigenvalue weighted by atomic mass is 19.1. The molecular weight excluding hydrogens is 343 g/mol. The maximum atomic E-state index is 13.5. The van der Waals surface area contributed by atoms with E-state index in [9.17, 15) is 4.39 Å². The van der Waals surface area contributed by atoms with Crippen LogP contribution >= 0.6 is 0 Å². The second-order valence-electron chi connectivity index (χ2n) is 7.06. The number of rotatable bonds is 3. The van der Waals surface area contributed by atoms with Gasteiger partial charge in [0.05, 0.1) is 6.20 Å². The van der Waals surface area contributed by atoms with Gasteiger partial charge in [-0.05, 0) is 25.3 Å². The molecule has 0 aromatic carbocycles. The normalized spacial score (nSPS) is 23.7. The Balaban J connectivity index is 0.00000102. The van der Waals surface area contributed by atoms with Gasteiger partial charge in [-0.3, -0.25) is 0 Å². The van der Waals surface area contributed by atoms with E-state index in [1.807, 2.05) is 26.8 Å². The average Bonchev–Trinajstić information content (AvgIpc) is 3.05. The van der Waals surface area contributed by atoms with Crippen molar-refractivity contribution in [1.29, 1.82) is 0 Å². The lowest BCUT2D eigenvalue weighted by molar-refractivity contribution is 0.319. The van der Waals surface area contributed by atoms with E-state index in [0.29, 0.717) is 17.7 Å². The van der Waals surface area contributed by atoms with Gasteiger partial charge in [0.1, 0.15) is 29.4 Å². The molecule has 0 bridgehead atoms. The molecule has 2 aromatic rings. The van der Waals surface area contributed by atoms with Crippen molar-refractivity contribution in [2.75, 3.05) is 10.7 Å². The van der Waals surface area contributed by atoms with Crippen LogP contribution in [0.1, 0.15) is 75.6 Å². The van der Waals surface area contributed by atoms with E-state index in [-0.39, 0.29) is 12.0 Å². The van der Waals surface area contributed by atoms with Gasteiger partial charge in [0.25, 0.3) is 0 Å². The summed E-state index contributed by atoms with van der Waals surface area (Å²) in [6.07, 6.45) is 5.82. The first-order valence-corrected chi connectivity index (χ1v) is 9.89. The summed E-state index contributed by atoms with van der Waals surface area (Å²) < 4.78 is 13.5. The molecule has 7 heteroatoms. The zero-order chi connectivity index (χ0) is 19.4. The number of hydrazine groups is 1. The van der Waals surface area contributed by atoms with Gasteiger partial charge < -0.3 is 10.7 Å². The second kappa shape index (κ2) is 8.61.